The maximum atomic E-state index is 10.3. The van der Waals surface area contributed by atoms with E-state index in [9.17, 15) is 4.79 Å². The van der Waals surface area contributed by atoms with Crippen LogP contribution in [0.3, 0.4) is 0 Å². The van der Waals surface area contributed by atoms with Crippen LogP contribution in [0.25, 0.3) is 0 Å². The third kappa shape index (κ3) is 5.83. The number of hydrogen-bond acceptors (Lipinski definition) is 1. The average molecular weight is 161 g/mol. The molecule has 0 N–H and O–H groups in total. The zero-order valence-corrected chi connectivity index (χ0v) is 7.19. The Labute approximate surface area is 67.1 Å². The first kappa shape index (κ1) is 9.70. The van der Waals surface area contributed by atoms with Crippen LogP contribution in [-0.4, -0.2) is 5.24 Å². The van der Waals surface area contributed by atoms with Gasteiger partial charge >= 0.3 is 0 Å². The van der Waals surface area contributed by atoms with Crippen LogP contribution in [0.5, 0.6) is 0 Å². The maximum absolute atomic E-state index is 10.3. The van der Waals surface area contributed by atoms with E-state index in [0.29, 0.717) is 6.42 Å². The van der Waals surface area contributed by atoms with E-state index in [1.807, 2.05) is 19.1 Å². The van der Waals surface area contributed by atoms with E-state index in [4.69, 9.17) is 11.6 Å². The van der Waals surface area contributed by atoms with Gasteiger partial charge in [-0.1, -0.05) is 26.0 Å². The minimum atomic E-state index is -0.256. The number of halogens is 1. The minimum Gasteiger partial charge on any atom is -0.281 e. The molecule has 0 radical (unpaired) electrons. The minimum absolute atomic E-state index is 0.256. The quantitative estimate of drug-likeness (QED) is 0.457. The molecule has 0 aliphatic carbocycles. The molecule has 0 aliphatic heterocycles. The summed E-state index contributed by atoms with van der Waals surface area (Å²) in [6, 6.07) is 0. The SMILES string of the molecule is CCC=C[C@H](C)CC(=O)Cl. The van der Waals surface area contributed by atoms with Gasteiger partial charge in [-0.25, -0.2) is 0 Å². The van der Waals surface area contributed by atoms with Gasteiger partial charge in [0.05, 0.1) is 0 Å². The fourth-order valence-electron chi connectivity index (χ4n) is 0.690. The number of carbonyl (C=O) groups excluding carboxylic acids is 1. The molecule has 0 unspecified atom stereocenters. The van der Waals surface area contributed by atoms with Crippen molar-refractivity contribution in [2.24, 2.45) is 5.92 Å². The first-order valence-corrected chi connectivity index (χ1v) is 3.89. The van der Waals surface area contributed by atoms with E-state index < -0.39 is 0 Å². The zero-order valence-electron chi connectivity index (χ0n) is 6.43. The van der Waals surface area contributed by atoms with Crippen LogP contribution in [0, 0.1) is 5.92 Å². The molecule has 1 nitrogen and oxygen atoms in total. The van der Waals surface area contributed by atoms with Gasteiger partial charge in [-0.3, -0.25) is 4.79 Å². The number of carbonyl (C=O) groups is 1. The highest BCUT2D eigenvalue weighted by Crippen LogP contribution is 2.06. The lowest BCUT2D eigenvalue weighted by atomic mass is 10.1. The fourth-order valence-corrected chi connectivity index (χ4v) is 0.933. The van der Waals surface area contributed by atoms with Crippen LogP contribution < -0.4 is 0 Å². The van der Waals surface area contributed by atoms with Gasteiger partial charge in [0.1, 0.15) is 0 Å². The molecule has 1 atom stereocenters. The lowest BCUT2D eigenvalue weighted by Gasteiger charge is -1.98. The summed E-state index contributed by atoms with van der Waals surface area (Å²) < 4.78 is 0. The van der Waals surface area contributed by atoms with Crippen molar-refractivity contribution in [3.05, 3.63) is 12.2 Å². The third-order valence-corrected chi connectivity index (χ3v) is 1.34. The molecule has 0 amide bonds. The Bertz CT molecular complexity index is 129. The normalized spacial score (nSPS) is 13.9. The molecule has 0 saturated carbocycles. The van der Waals surface area contributed by atoms with E-state index in [1.54, 1.807) is 0 Å². The van der Waals surface area contributed by atoms with Crippen LogP contribution in [0.4, 0.5) is 0 Å². The van der Waals surface area contributed by atoms with Crippen LogP contribution in [0.1, 0.15) is 26.7 Å². The molecular formula is C8H13ClO. The van der Waals surface area contributed by atoms with Crippen LogP contribution in [-0.2, 0) is 4.79 Å². The molecule has 0 heterocycles. The molecule has 0 aromatic heterocycles. The van der Waals surface area contributed by atoms with Gasteiger partial charge in [0.2, 0.25) is 5.24 Å². The molecular weight excluding hydrogens is 148 g/mol. The predicted molar refractivity (Wildman–Crippen MR) is 44.1 cm³/mol. The summed E-state index contributed by atoms with van der Waals surface area (Å²) in [7, 11) is 0. The Kier molecular flexibility index (Phi) is 5.32. The van der Waals surface area contributed by atoms with Gasteiger partial charge in [0.25, 0.3) is 0 Å². The van der Waals surface area contributed by atoms with Gasteiger partial charge in [0, 0.05) is 6.42 Å². The number of allylic oxidation sites excluding steroid dienone is 2. The molecule has 0 aromatic carbocycles. The van der Waals surface area contributed by atoms with E-state index in [0.717, 1.165) is 6.42 Å². The van der Waals surface area contributed by atoms with Crippen molar-refractivity contribution in [1.29, 1.82) is 0 Å². The topological polar surface area (TPSA) is 17.1 Å². The smallest absolute Gasteiger partial charge is 0.222 e. The molecule has 0 rings (SSSR count). The second-order valence-electron chi connectivity index (χ2n) is 2.37. The monoisotopic (exact) mass is 160 g/mol. The van der Waals surface area contributed by atoms with E-state index >= 15 is 0 Å². The van der Waals surface area contributed by atoms with E-state index in [1.165, 1.54) is 0 Å². The highest BCUT2D eigenvalue weighted by Gasteiger charge is 2.01. The Hall–Kier alpha value is -0.300. The highest BCUT2D eigenvalue weighted by atomic mass is 35.5. The largest absolute Gasteiger partial charge is 0.281 e. The molecule has 0 fully saturated rings. The van der Waals surface area contributed by atoms with Crippen LogP contribution >= 0.6 is 11.6 Å². The molecule has 2 heteroatoms. The second-order valence-corrected chi connectivity index (χ2v) is 2.79. The molecule has 0 aliphatic rings. The van der Waals surface area contributed by atoms with E-state index in [-0.39, 0.29) is 11.2 Å². The van der Waals surface area contributed by atoms with Crippen molar-refractivity contribution in [3.8, 4) is 0 Å². The molecule has 0 spiro atoms. The Morgan fingerprint density at radius 2 is 2.30 bits per heavy atom. The Morgan fingerprint density at radius 3 is 2.70 bits per heavy atom. The summed E-state index contributed by atoms with van der Waals surface area (Å²) in [5.74, 6) is 0.282. The summed E-state index contributed by atoms with van der Waals surface area (Å²) >= 11 is 5.18. The Morgan fingerprint density at radius 1 is 1.70 bits per heavy atom. The Balaban J connectivity index is 3.52. The molecule has 0 bridgehead atoms. The zero-order chi connectivity index (χ0) is 7.98. The predicted octanol–water partition coefficient (Wildman–Crippen LogP) is 2.74. The lowest BCUT2D eigenvalue weighted by Crippen LogP contribution is -1.95. The summed E-state index contributed by atoms with van der Waals surface area (Å²) in [6.45, 7) is 4.04. The van der Waals surface area contributed by atoms with Crippen molar-refractivity contribution in [3.63, 3.8) is 0 Å². The molecule has 10 heavy (non-hydrogen) atoms. The number of hydrogen-bond donors (Lipinski definition) is 0. The summed E-state index contributed by atoms with van der Waals surface area (Å²) in [5.41, 5.74) is 0. The molecule has 0 saturated heterocycles. The average Bonchev–Trinajstić information content (AvgIpc) is 1.82. The summed E-state index contributed by atoms with van der Waals surface area (Å²) in [5, 5.41) is -0.256. The molecule has 58 valence electrons. The third-order valence-electron chi connectivity index (χ3n) is 1.18. The fraction of sp³-hybridized carbons (Fsp3) is 0.625. The van der Waals surface area contributed by atoms with Crippen molar-refractivity contribution in [2.75, 3.05) is 0 Å². The first-order valence-electron chi connectivity index (χ1n) is 3.51. The lowest BCUT2D eigenvalue weighted by molar-refractivity contribution is -0.112. The van der Waals surface area contributed by atoms with Crippen LogP contribution in [0.2, 0.25) is 0 Å². The van der Waals surface area contributed by atoms with Gasteiger partial charge in [0.15, 0.2) is 0 Å². The van der Waals surface area contributed by atoms with Crippen molar-refractivity contribution in [1.82, 2.24) is 0 Å². The summed E-state index contributed by atoms with van der Waals surface area (Å²) in [6.07, 6.45) is 5.52. The number of rotatable bonds is 4. The summed E-state index contributed by atoms with van der Waals surface area (Å²) in [4.78, 5) is 10.3. The van der Waals surface area contributed by atoms with Crippen molar-refractivity contribution in [2.45, 2.75) is 26.7 Å². The maximum Gasteiger partial charge on any atom is 0.222 e. The van der Waals surface area contributed by atoms with Crippen molar-refractivity contribution >= 4 is 16.8 Å². The van der Waals surface area contributed by atoms with E-state index in [2.05, 4.69) is 6.92 Å². The van der Waals surface area contributed by atoms with Gasteiger partial charge in [-0.2, -0.15) is 0 Å². The van der Waals surface area contributed by atoms with Crippen LogP contribution in [0.15, 0.2) is 12.2 Å². The molecule has 0 aromatic rings. The second kappa shape index (κ2) is 5.48. The standard InChI is InChI=1S/C8H13ClO/c1-3-4-5-7(2)6-8(9)10/h4-5,7H,3,6H2,1-2H3/t7-/m0/s1. The van der Waals surface area contributed by atoms with Gasteiger partial charge in [-0.15, -0.1) is 0 Å². The first-order chi connectivity index (χ1) is 4.66. The van der Waals surface area contributed by atoms with Crippen molar-refractivity contribution < 1.29 is 4.79 Å². The van der Waals surface area contributed by atoms with Gasteiger partial charge in [-0.05, 0) is 23.9 Å². The van der Waals surface area contributed by atoms with Gasteiger partial charge < -0.3 is 0 Å². The highest BCUT2D eigenvalue weighted by molar-refractivity contribution is 6.63.